The molecule has 0 heterocycles. The molecule has 0 fully saturated rings. The maximum absolute atomic E-state index is 13.4. The molecule has 1 N–H and O–H groups in total. The van der Waals surface area contributed by atoms with Crippen molar-refractivity contribution in [3.63, 3.8) is 0 Å². The van der Waals surface area contributed by atoms with Crippen LogP contribution >= 0.6 is 0 Å². The standard InChI is InChI=1S/C19H23FN2O3S/c1-4-5-12-22(3)19(23)16-8-6-7-9-18(16)21-26(24,25)15-10-11-17(20)14(2)13-15/h6-11,13,21H,4-5,12H2,1-3H3. The van der Waals surface area contributed by atoms with E-state index in [4.69, 9.17) is 0 Å². The second-order valence-electron chi connectivity index (χ2n) is 6.14. The summed E-state index contributed by atoms with van der Waals surface area (Å²) in [5, 5.41) is 0. The molecule has 2 aromatic rings. The van der Waals surface area contributed by atoms with E-state index in [0.717, 1.165) is 18.9 Å². The van der Waals surface area contributed by atoms with Crippen molar-refractivity contribution in [2.24, 2.45) is 0 Å². The van der Waals surface area contributed by atoms with Crippen LogP contribution in [0.3, 0.4) is 0 Å². The maximum Gasteiger partial charge on any atom is 0.261 e. The predicted molar refractivity (Wildman–Crippen MR) is 100 cm³/mol. The summed E-state index contributed by atoms with van der Waals surface area (Å²) >= 11 is 0. The van der Waals surface area contributed by atoms with E-state index in [0.29, 0.717) is 6.54 Å². The number of nitrogens with zero attached hydrogens (tertiary/aromatic N) is 1. The first-order valence-electron chi connectivity index (χ1n) is 8.39. The van der Waals surface area contributed by atoms with Gasteiger partial charge in [-0.05, 0) is 49.2 Å². The van der Waals surface area contributed by atoms with Crippen LogP contribution in [0.2, 0.25) is 0 Å². The first-order chi connectivity index (χ1) is 12.3. The molecule has 0 bridgehead atoms. The van der Waals surface area contributed by atoms with Crippen molar-refractivity contribution < 1.29 is 17.6 Å². The number of hydrogen-bond donors (Lipinski definition) is 1. The Hall–Kier alpha value is -2.41. The average molecular weight is 378 g/mol. The molecule has 140 valence electrons. The number of para-hydroxylation sites is 1. The number of benzene rings is 2. The average Bonchev–Trinajstić information content (AvgIpc) is 2.61. The lowest BCUT2D eigenvalue weighted by molar-refractivity contribution is 0.0794. The van der Waals surface area contributed by atoms with Gasteiger partial charge < -0.3 is 4.90 Å². The molecule has 7 heteroatoms. The number of nitrogens with one attached hydrogen (secondary N) is 1. The molecule has 0 saturated heterocycles. The third kappa shape index (κ3) is 4.60. The molecular formula is C19H23FN2O3S. The van der Waals surface area contributed by atoms with Gasteiger partial charge in [0.25, 0.3) is 15.9 Å². The van der Waals surface area contributed by atoms with Crippen molar-refractivity contribution in [3.8, 4) is 0 Å². The fourth-order valence-corrected chi connectivity index (χ4v) is 3.61. The summed E-state index contributed by atoms with van der Waals surface area (Å²) in [5.74, 6) is -0.732. The summed E-state index contributed by atoms with van der Waals surface area (Å²) < 4.78 is 41.1. The van der Waals surface area contributed by atoms with Gasteiger partial charge in [-0.2, -0.15) is 0 Å². The molecule has 0 unspecified atom stereocenters. The second-order valence-corrected chi connectivity index (χ2v) is 7.82. The molecule has 2 aromatic carbocycles. The lowest BCUT2D eigenvalue weighted by Gasteiger charge is -2.19. The van der Waals surface area contributed by atoms with E-state index in [-0.39, 0.29) is 27.6 Å². The minimum atomic E-state index is -3.94. The lowest BCUT2D eigenvalue weighted by atomic mass is 10.1. The lowest BCUT2D eigenvalue weighted by Crippen LogP contribution is -2.29. The maximum atomic E-state index is 13.4. The van der Waals surface area contributed by atoms with E-state index in [1.165, 1.54) is 25.1 Å². The molecule has 5 nitrogen and oxygen atoms in total. The number of hydrogen-bond acceptors (Lipinski definition) is 3. The SMILES string of the molecule is CCCCN(C)C(=O)c1ccccc1NS(=O)(=O)c1ccc(F)c(C)c1. The Morgan fingerprint density at radius 1 is 1.19 bits per heavy atom. The number of carbonyl (C=O) groups excluding carboxylic acids is 1. The van der Waals surface area contributed by atoms with E-state index < -0.39 is 15.8 Å². The van der Waals surface area contributed by atoms with Gasteiger partial charge >= 0.3 is 0 Å². The van der Waals surface area contributed by atoms with E-state index in [1.54, 1.807) is 30.1 Å². The van der Waals surface area contributed by atoms with Gasteiger partial charge in [-0.3, -0.25) is 9.52 Å². The summed E-state index contributed by atoms with van der Waals surface area (Å²) in [7, 11) is -2.25. The van der Waals surface area contributed by atoms with E-state index in [1.807, 2.05) is 6.92 Å². The van der Waals surface area contributed by atoms with Gasteiger partial charge in [0.2, 0.25) is 0 Å². The normalized spacial score (nSPS) is 11.2. The summed E-state index contributed by atoms with van der Waals surface area (Å²) in [4.78, 5) is 14.1. The highest BCUT2D eigenvalue weighted by Crippen LogP contribution is 2.22. The summed E-state index contributed by atoms with van der Waals surface area (Å²) in [5.41, 5.74) is 0.702. The third-order valence-corrected chi connectivity index (χ3v) is 5.40. The molecule has 0 radical (unpaired) electrons. The number of carbonyl (C=O) groups is 1. The van der Waals surface area contributed by atoms with E-state index in [2.05, 4.69) is 4.72 Å². The topological polar surface area (TPSA) is 66.5 Å². The van der Waals surface area contributed by atoms with Crippen molar-refractivity contribution in [2.45, 2.75) is 31.6 Å². The van der Waals surface area contributed by atoms with Crippen molar-refractivity contribution in [2.75, 3.05) is 18.3 Å². The number of anilines is 1. The minimum absolute atomic E-state index is 0.0574. The molecule has 0 aromatic heterocycles. The molecule has 0 spiro atoms. The Balaban J connectivity index is 2.32. The first kappa shape index (κ1) is 19.9. The zero-order chi connectivity index (χ0) is 19.3. The van der Waals surface area contributed by atoms with Gasteiger partial charge in [-0.15, -0.1) is 0 Å². The zero-order valence-corrected chi connectivity index (χ0v) is 15.9. The zero-order valence-electron chi connectivity index (χ0n) is 15.1. The molecule has 26 heavy (non-hydrogen) atoms. The van der Waals surface area contributed by atoms with Crippen LogP contribution < -0.4 is 4.72 Å². The Bertz CT molecular complexity index is 897. The molecular weight excluding hydrogens is 355 g/mol. The quantitative estimate of drug-likeness (QED) is 0.797. The summed E-state index contributed by atoms with van der Waals surface area (Å²) in [6.07, 6.45) is 1.82. The van der Waals surface area contributed by atoms with Crippen LogP contribution in [0.25, 0.3) is 0 Å². The van der Waals surface area contributed by atoms with Crippen LogP contribution in [0.15, 0.2) is 47.4 Å². The van der Waals surface area contributed by atoms with Crippen molar-refractivity contribution in [3.05, 3.63) is 59.4 Å². The first-order valence-corrected chi connectivity index (χ1v) is 9.88. The van der Waals surface area contributed by atoms with Crippen LogP contribution in [0.1, 0.15) is 35.7 Å². The Morgan fingerprint density at radius 2 is 1.88 bits per heavy atom. The highest BCUT2D eigenvalue weighted by atomic mass is 32.2. The molecule has 1 amide bonds. The molecule has 0 aliphatic carbocycles. The van der Waals surface area contributed by atoms with Gasteiger partial charge in [0.15, 0.2) is 0 Å². The Morgan fingerprint density at radius 3 is 2.54 bits per heavy atom. The minimum Gasteiger partial charge on any atom is -0.342 e. The van der Waals surface area contributed by atoms with Gasteiger partial charge in [0.1, 0.15) is 5.82 Å². The van der Waals surface area contributed by atoms with Crippen LogP contribution in [0.5, 0.6) is 0 Å². The third-order valence-electron chi connectivity index (χ3n) is 4.04. The number of unbranched alkanes of at least 4 members (excludes halogenated alkanes) is 1. The fourth-order valence-electron chi connectivity index (χ4n) is 2.45. The van der Waals surface area contributed by atoms with Crippen LogP contribution in [0.4, 0.5) is 10.1 Å². The fraction of sp³-hybridized carbons (Fsp3) is 0.316. The predicted octanol–water partition coefficient (Wildman–Crippen LogP) is 3.81. The Kier molecular flexibility index (Phi) is 6.37. The monoisotopic (exact) mass is 378 g/mol. The largest absolute Gasteiger partial charge is 0.342 e. The van der Waals surface area contributed by atoms with Crippen LogP contribution in [0, 0.1) is 12.7 Å². The molecule has 0 saturated carbocycles. The van der Waals surface area contributed by atoms with Crippen molar-refractivity contribution >= 4 is 21.6 Å². The van der Waals surface area contributed by atoms with Gasteiger partial charge in [-0.1, -0.05) is 25.5 Å². The van der Waals surface area contributed by atoms with E-state index >= 15 is 0 Å². The smallest absolute Gasteiger partial charge is 0.261 e. The van der Waals surface area contributed by atoms with Crippen LogP contribution in [-0.4, -0.2) is 32.8 Å². The van der Waals surface area contributed by atoms with Crippen LogP contribution in [-0.2, 0) is 10.0 Å². The number of sulfonamides is 1. The second kappa shape index (κ2) is 8.31. The summed E-state index contributed by atoms with van der Waals surface area (Å²) in [6, 6.07) is 10.0. The molecule has 0 atom stereocenters. The number of rotatable bonds is 7. The summed E-state index contributed by atoms with van der Waals surface area (Å²) in [6.45, 7) is 4.12. The highest BCUT2D eigenvalue weighted by Gasteiger charge is 2.21. The van der Waals surface area contributed by atoms with Crippen molar-refractivity contribution in [1.82, 2.24) is 4.90 Å². The number of halogens is 1. The van der Waals surface area contributed by atoms with Gasteiger partial charge in [-0.25, -0.2) is 12.8 Å². The van der Waals surface area contributed by atoms with Gasteiger partial charge in [0, 0.05) is 13.6 Å². The number of amides is 1. The highest BCUT2D eigenvalue weighted by molar-refractivity contribution is 7.92. The number of aryl methyl sites for hydroxylation is 1. The molecule has 0 aliphatic rings. The van der Waals surface area contributed by atoms with Gasteiger partial charge in [0.05, 0.1) is 16.1 Å². The molecule has 2 rings (SSSR count). The van der Waals surface area contributed by atoms with Crippen molar-refractivity contribution in [1.29, 1.82) is 0 Å². The van der Waals surface area contributed by atoms with E-state index in [9.17, 15) is 17.6 Å². The Labute approximate surface area is 153 Å². The molecule has 0 aliphatic heterocycles.